The van der Waals surface area contributed by atoms with Crippen LogP contribution in [0.2, 0.25) is 0 Å². The van der Waals surface area contributed by atoms with E-state index in [0.29, 0.717) is 24.2 Å². The molecule has 0 radical (unpaired) electrons. The Kier molecular flexibility index (Phi) is 4.83. The third kappa shape index (κ3) is 3.91. The summed E-state index contributed by atoms with van der Waals surface area (Å²) in [6.07, 6.45) is 7.16. The number of para-hydroxylation sites is 1. The summed E-state index contributed by atoms with van der Waals surface area (Å²) in [5.74, 6) is 2.53. The molecule has 2 saturated carbocycles. The van der Waals surface area contributed by atoms with Gasteiger partial charge in [-0.1, -0.05) is 30.3 Å². The average molecular weight is 392 g/mol. The number of hydrogen-bond acceptors (Lipinski definition) is 3. The van der Waals surface area contributed by atoms with Crippen LogP contribution in [-0.2, 0) is 15.1 Å². The molecular weight excluding hydrogens is 364 g/mol. The van der Waals surface area contributed by atoms with Gasteiger partial charge in [0.2, 0.25) is 0 Å². The highest BCUT2D eigenvalue weighted by Crippen LogP contribution is 2.55. The molecule has 0 spiro atoms. The number of benzene rings is 2. The number of ether oxygens (including phenoxy) is 2. The van der Waals surface area contributed by atoms with E-state index in [1.54, 1.807) is 0 Å². The molecule has 2 bridgehead atoms. The van der Waals surface area contributed by atoms with Gasteiger partial charge in [-0.2, -0.15) is 0 Å². The van der Waals surface area contributed by atoms with E-state index in [4.69, 9.17) is 14.6 Å². The molecule has 2 aliphatic heterocycles. The molecule has 0 aromatic heterocycles. The third-order valence-electron chi connectivity index (χ3n) is 7.12. The van der Waals surface area contributed by atoms with Crippen molar-refractivity contribution in [1.29, 1.82) is 0 Å². The summed E-state index contributed by atoms with van der Waals surface area (Å²) in [4.78, 5) is 11.0. The van der Waals surface area contributed by atoms with Gasteiger partial charge in [0.05, 0.1) is 11.7 Å². The lowest BCUT2D eigenvalue weighted by Gasteiger charge is -2.51. The molecule has 4 aliphatic rings. The van der Waals surface area contributed by atoms with Crippen LogP contribution in [0.15, 0.2) is 54.6 Å². The van der Waals surface area contributed by atoms with E-state index in [1.807, 2.05) is 36.4 Å². The summed E-state index contributed by atoms with van der Waals surface area (Å²) in [7, 11) is 0. The minimum Gasteiger partial charge on any atom is -0.481 e. The van der Waals surface area contributed by atoms with Gasteiger partial charge in [0.1, 0.15) is 11.5 Å². The predicted octanol–water partition coefficient (Wildman–Crippen LogP) is 5.76. The molecule has 1 N–H and O–H groups in total. The highest BCUT2D eigenvalue weighted by molar-refractivity contribution is 5.67. The Hall–Kier alpha value is -2.33. The molecule has 29 heavy (non-hydrogen) atoms. The van der Waals surface area contributed by atoms with Gasteiger partial charge in [0.25, 0.3) is 0 Å². The zero-order valence-corrected chi connectivity index (χ0v) is 16.6. The number of hydrogen-bond donors (Lipinski definition) is 1. The summed E-state index contributed by atoms with van der Waals surface area (Å²) in [6, 6.07) is 18.2. The van der Waals surface area contributed by atoms with Crippen molar-refractivity contribution in [3.63, 3.8) is 0 Å². The molecule has 2 saturated heterocycles. The minimum absolute atomic E-state index is 0.216. The third-order valence-corrected chi connectivity index (χ3v) is 7.12. The molecule has 2 aromatic rings. The van der Waals surface area contributed by atoms with Crippen LogP contribution in [0.5, 0.6) is 11.5 Å². The van der Waals surface area contributed by atoms with Gasteiger partial charge in [-0.3, -0.25) is 4.79 Å². The van der Waals surface area contributed by atoms with Gasteiger partial charge in [0, 0.05) is 6.42 Å². The fraction of sp³-hybridized carbons (Fsp3) is 0.480. The van der Waals surface area contributed by atoms with Gasteiger partial charge >= 0.3 is 5.97 Å². The summed E-state index contributed by atoms with van der Waals surface area (Å²) in [6.45, 7) is 0. The van der Waals surface area contributed by atoms with Crippen LogP contribution in [-0.4, -0.2) is 17.2 Å². The van der Waals surface area contributed by atoms with Crippen molar-refractivity contribution in [3.8, 4) is 11.5 Å². The first-order valence-electron chi connectivity index (χ1n) is 10.8. The Labute approximate surface area is 171 Å². The monoisotopic (exact) mass is 392 g/mol. The van der Waals surface area contributed by atoms with Crippen LogP contribution in [0.4, 0.5) is 0 Å². The van der Waals surface area contributed by atoms with Gasteiger partial charge in [-0.15, -0.1) is 0 Å². The molecule has 4 fully saturated rings. The molecule has 0 amide bonds. The van der Waals surface area contributed by atoms with E-state index in [9.17, 15) is 4.79 Å². The van der Waals surface area contributed by atoms with E-state index in [0.717, 1.165) is 37.2 Å². The van der Waals surface area contributed by atoms with Crippen LogP contribution >= 0.6 is 0 Å². The van der Waals surface area contributed by atoms with Gasteiger partial charge in [0.15, 0.2) is 0 Å². The smallest absolute Gasteiger partial charge is 0.303 e. The highest BCUT2D eigenvalue weighted by Gasteiger charge is 2.50. The van der Waals surface area contributed by atoms with Crippen molar-refractivity contribution in [1.82, 2.24) is 0 Å². The summed E-state index contributed by atoms with van der Waals surface area (Å²) in [5.41, 5.74) is 0.999. The van der Waals surface area contributed by atoms with Gasteiger partial charge in [-0.25, -0.2) is 0 Å². The van der Waals surface area contributed by atoms with Gasteiger partial charge < -0.3 is 14.6 Å². The summed E-state index contributed by atoms with van der Waals surface area (Å²) < 4.78 is 12.8. The molecule has 6 rings (SSSR count). The number of fused-ring (bicyclic) bond motifs is 3. The molecule has 4 heteroatoms. The number of rotatable bonds is 7. The number of carboxylic acid groups (broad SMARTS) is 1. The van der Waals surface area contributed by atoms with E-state index in [2.05, 4.69) is 18.2 Å². The van der Waals surface area contributed by atoms with Crippen LogP contribution in [0.3, 0.4) is 0 Å². The second-order valence-electron chi connectivity index (χ2n) is 9.02. The van der Waals surface area contributed by atoms with Crippen molar-refractivity contribution in [2.75, 3.05) is 0 Å². The normalized spacial score (nSPS) is 32.7. The minimum atomic E-state index is -0.671. The highest BCUT2D eigenvalue weighted by atomic mass is 16.5. The first kappa shape index (κ1) is 18.7. The first-order valence-corrected chi connectivity index (χ1v) is 10.8. The molecule has 4 nitrogen and oxygen atoms in total. The lowest BCUT2D eigenvalue weighted by molar-refractivity contribution is -0.203. The maximum atomic E-state index is 11.0. The van der Waals surface area contributed by atoms with Crippen LogP contribution in [0.25, 0.3) is 0 Å². The Morgan fingerprint density at radius 3 is 2.55 bits per heavy atom. The van der Waals surface area contributed by atoms with Gasteiger partial charge in [-0.05, 0) is 86.1 Å². The van der Waals surface area contributed by atoms with Crippen molar-refractivity contribution in [3.05, 3.63) is 60.2 Å². The Morgan fingerprint density at radius 2 is 1.79 bits per heavy atom. The molecule has 3 unspecified atom stereocenters. The standard InChI is InChI=1S/C25H28O4/c26-24(27)15-19-13-18(19)14-23-17-9-11-25(29-23,12-10-17)20-5-4-8-22(16-20)28-21-6-2-1-3-7-21/h1-8,16-19,23H,9-15H2,(H,26,27). The topological polar surface area (TPSA) is 55.8 Å². The largest absolute Gasteiger partial charge is 0.481 e. The molecular formula is C25H28O4. The fourth-order valence-corrected chi connectivity index (χ4v) is 5.42. The van der Waals surface area contributed by atoms with Crippen LogP contribution in [0.1, 0.15) is 50.5 Å². The maximum absolute atomic E-state index is 11.0. The molecule has 2 aliphatic carbocycles. The Morgan fingerprint density at radius 1 is 1.03 bits per heavy atom. The zero-order chi connectivity index (χ0) is 19.8. The SMILES string of the molecule is O=C(O)CC1CC1CC1OC2(c3cccc(Oc4ccccc4)c3)CCC1CC2. The maximum Gasteiger partial charge on any atom is 0.303 e. The predicted molar refractivity (Wildman–Crippen MR) is 110 cm³/mol. The van der Waals surface area contributed by atoms with E-state index < -0.39 is 5.97 Å². The van der Waals surface area contributed by atoms with Crippen molar-refractivity contribution in [2.45, 2.75) is 56.7 Å². The first-order chi connectivity index (χ1) is 14.1. The Balaban J connectivity index is 1.30. The molecule has 2 heterocycles. The molecule has 152 valence electrons. The zero-order valence-electron chi connectivity index (χ0n) is 16.6. The number of aliphatic carboxylic acids is 1. The average Bonchev–Trinajstić information content (AvgIpc) is 3.46. The Bertz CT molecular complexity index is 869. The van der Waals surface area contributed by atoms with Crippen molar-refractivity contribution in [2.24, 2.45) is 17.8 Å². The fourth-order valence-electron chi connectivity index (χ4n) is 5.42. The van der Waals surface area contributed by atoms with Crippen LogP contribution < -0.4 is 4.74 Å². The molecule has 3 atom stereocenters. The summed E-state index contributed by atoms with van der Waals surface area (Å²) >= 11 is 0. The molecule has 2 aromatic carbocycles. The summed E-state index contributed by atoms with van der Waals surface area (Å²) in [5, 5.41) is 9.03. The lowest BCUT2D eigenvalue weighted by Crippen LogP contribution is -2.48. The van der Waals surface area contributed by atoms with Crippen LogP contribution in [0, 0.1) is 17.8 Å². The quantitative estimate of drug-likeness (QED) is 0.650. The van der Waals surface area contributed by atoms with E-state index >= 15 is 0 Å². The second kappa shape index (κ2) is 7.49. The van der Waals surface area contributed by atoms with E-state index in [1.165, 1.54) is 18.4 Å². The van der Waals surface area contributed by atoms with E-state index in [-0.39, 0.29) is 11.7 Å². The van der Waals surface area contributed by atoms with Crippen molar-refractivity contribution >= 4 is 5.97 Å². The lowest BCUT2D eigenvalue weighted by atomic mass is 9.69. The van der Waals surface area contributed by atoms with Crippen molar-refractivity contribution < 1.29 is 19.4 Å². The second-order valence-corrected chi connectivity index (χ2v) is 9.02. The number of carbonyl (C=O) groups is 1. The number of carboxylic acids is 1.